The molecule has 2 aromatic rings. The summed E-state index contributed by atoms with van der Waals surface area (Å²) in [5, 5.41) is 14.3. The molecule has 1 fully saturated rings. The molecule has 2 amide bonds. The van der Waals surface area contributed by atoms with Crippen LogP contribution in [0.25, 0.3) is 11.1 Å². The lowest BCUT2D eigenvalue weighted by atomic mass is 9.95. The van der Waals surface area contributed by atoms with Gasteiger partial charge >= 0.3 is 12.1 Å². The van der Waals surface area contributed by atoms with Crippen LogP contribution in [-0.4, -0.2) is 42.3 Å². The number of hydrogen-bond acceptors (Lipinski definition) is 4. The van der Waals surface area contributed by atoms with E-state index in [1.165, 1.54) is 18.1 Å². The Morgan fingerprint density at radius 3 is 2.28 bits per heavy atom. The molecule has 0 bridgehead atoms. The number of carbonyl (C=O) groups excluding carboxylic acids is 2. The fourth-order valence-electron chi connectivity index (χ4n) is 4.87. The third kappa shape index (κ3) is 4.47. The number of hydrogen-bond donors (Lipinski definition) is 3. The summed E-state index contributed by atoms with van der Waals surface area (Å²) in [6.45, 7) is 2.01. The third-order valence-electron chi connectivity index (χ3n) is 6.58. The van der Waals surface area contributed by atoms with E-state index in [0.717, 1.165) is 24.0 Å². The number of benzene rings is 2. The first kappa shape index (κ1) is 21.9. The minimum absolute atomic E-state index is 0.00402. The zero-order chi connectivity index (χ0) is 22.7. The van der Waals surface area contributed by atoms with Gasteiger partial charge in [0.05, 0.1) is 0 Å². The Kier molecular flexibility index (Phi) is 6.44. The predicted octanol–water partition coefficient (Wildman–Crippen LogP) is 3.53. The number of aliphatic carboxylic acids is 1. The normalized spacial score (nSPS) is 20.2. The first-order chi connectivity index (χ1) is 15.5. The Morgan fingerprint density at radius 2 is 1.66 bits per heavy atom. The summed E-state index contributed by atoms with van der Waals surface area (Å²) in [6.07, 6.45) is 1.87. The van der Waals surface area contributed by atoms with Gasteiger partial charge in [0, 0.05) is 18.4 Å². The highest BCUT2D eigenvalue weighted by Gasteiger charge is 2.34. The molecule has 2 aliphatic rings. The largest absolute Gasteiger partial charge is 0.480 e. The van der Waals surface area contributed by atoms with E-state index >= 15 is 0 Å². The SMILES string of the molecule is C[C@@H](NC(=O)[C@@H]1CCC[C@@H]1CNC(=O)OCC1c2ccccc2-c2ccccc21)C(=O)O. The maximum atomic E-state index is 12.4. The van der Waals surface area contributed by atoms with E-state index < -0.39 is 18.1 Å². The highest BCUT2D eigenvalue weighted by Crippen LogP contribution is 2.44. The molecule has 0 saturated heterocycles. The number of ether oxygens (including phenoxy) is 1. The average molecular weight is 437 g/mol. The minimum Gasteiger partial charge on any atom is -0.480 e. The topological polar surface area (TPSA) is 105 Å². The fourth-order valence-corrected chi connectivity index (χ4v) is 4.87. The number of fused-ring (bicyclic) bond motifs is 3. The zero-order valence-corrected chi connectivity index (χ0v) is 18.0. The lowest BCUT2D eigenvalue weighted by Crippen LogP contribution is -2.44. The number of carboxylic acids is 1. The summed E-state index contributed by atoms with van der Waals surface area (Å²) in [6, 6.07) is 15.4. The maximum Gasteiger partial charge on any atom is 0.407 e. The summed E-state index contributed by atoms with van der Waals surface area (Å²) in [7, 11) is 0. The van der Waals surface area contributed by atoms with E-state index in [9.17, 15) is 14.4 Å². The van der Waals surface area contributed by atoms with Crippen LogP contribution < -0.4 is 10.6 Å². The van der Waals surface area contributed by atoms with Crippen molar-refractivity contribution in [2.45, 2.75) is 38.1 Å². The van der Waals surface area contributed by atoms with Crippen molar-refractivity contribution in [1.29, 1.82) is 0 Å². The van der Waals surface area contributed by atoms with Crippen molar-refractivity contribution in [3.05, 3.63) is 59.7 Å². The molecule has 0 aliphatic heterocycles. The number of nitrogens with one attached hydrogen (secondary N) is 2. The van der Waals surface area contributed by atoms with E-state index in [0.29, 0.717) is 13.0 Å². The Bertz CT molecular complexity index is 975. The minimum atomic E-state index is -1.07. The molecule has 1 saturated carbocycles. The number of carboxylic acid groups (broad SMARTS) is 1. The van der Waals surface area contributed by atoms with Gasteiger partial charge in [0.1, 0.15) is 12.6 Å². The Hall–Kier alpha value is -3.35. The second-order valence-electron chi connectivity index (χ2n) is 8.57. The van der Waals surface area contributed by atoms with Crippen LogP contribution in [-0.2, 0) is 14.3 Å². The highest BCUT2D eigenvalue weighted by atomic mass is 16.5. The quantitative estimate of drug-likeness (QED) is 0.616. The smallest absolute Gasteiger partial charge is 0.407 e. The molecule has 7 nitrogen and oxygen atoms in total. The zero-order valence-electron chi connectivity index (χ0n) is 18.0. The van der Waals surface area contributed by atoms with Crippen molar-refractivity contribution in [2.75, 3.05) is 13.2 Å². The fraction of sp³-hybridized carbons (Fsp3) is 0.400. The number of rotatable bonds is 7. The van der Waals surface area contributed by atoms with Gasteiger partial charge in [0.2, 0.25) is 5.91 Å². The van der Waals surface area contributed by atoms with Crippen molar-refractivity contribution >= 4 is 18.0 Å². The van der Waals surface area contributed by atoms with Crippen LogP contribution in [0, 0.1) is 11.8 Å². The Balaban J connectivity index is 1.31. The lowest BCUT2D eigenvalue weighted by molar-refractivity contribution is -0.142. The van der Waals surface area contributed by atoms with Crippen LogP contribution in [0.5, 0.6) is 0 Å². The average Bonchev–Trinajstić information content (AvgIpc) is 3.39. The van der Waals surface area contributed by atoms with Crippen molar-refractivity contribution in [2.24, 2.45) is 11.8 Å². The molecule has 32 heavy (non-hydrogen) atoms. The van der Waals surface area contributed by atoms with E-state index in [-0.39, 0.29) is 30.3 Å². The molecule has 0 heterocycles. The van der Waals surface area contributed by atoms with Crippen molar-refractivity contribution < 1.29 is 24.2 Å². The van der Waals surface area contributed by atoms with Crippen LogP contribution >= 0.6 is 0 Å². The van der Waals surface area contributed by atoms with E-state index in [1.54, 1.807) is 0 Å². The second kappa shape index (κ2) is 9.42. The molecule has 168 valence electrons. The van der Waals surface area contributed by atoms with Crippen LogP contribution in [0.3, 0.4) is 0 Å². The number of carbonyl (C=O) groups is 3. The van der Waals surface area contributed by atoms with Gasteiger partial charge in [-0.15, -0.1) is 0 Å². The first-order valence-electron chi connectivity index (χ1n) is 11.1. The monoisotopic (exact) mass is 436 g/mol. The van der Waals surface area contributed by atoms with Gasteiger partial charge in [-0.25, -0.2) is 4.79 Å². The lowest BCUT2D eigenvalue weighted by Gasteiger charge is -2.21. The molecule has 3 N–H and O–H groups in total. The Morgan fingerprint density at radius 1 is 1.03 bits per heavy atom. The first-order valence-corrected chi connectivity index (χ1v) is 11.1. The van der Waals surface area contributed by atoms with E-state index in [1.807, 2.05) is 24.3 Å². The summed E-state index contributed by atoms with van der Waals surface area (Å²) in [4.78, 5) is 35.8. The predicted molar refractivity (Wildman–Crippen MR) is 119 cm³/mol. The molecule has 2 aromatic carbocycles. The van der Waals surface area contributed by atoms with Gasteiger partial charge in [0.25, 0.3) is 0 Å². The van der Waals surface area contributed by atoms with Gasteiger partial charge < -0.3 is 20.5 Å². The summed E-state index contributed by atoms with van der Waals surface area (Å²) in [5.74, 6) is -1.67. The molecule has 2 aliphatic carbocycles. The number of amides is 2. The second-order valence-corrected chi connectivity index (χ2v) is 8.57. The molecular weight excluding hydrogens is 408 g/mol. The molecule has 0 aromatic heterocycles. The van der Waals surface area contributed by atoms with Crippen LogP contribution in [0.15, 0.2) is 48.5 Å². The van der Waals surface area contributed by atoms with Crippen molar-refractivity contribution in [1.82, 2.24) is 10.6 Å². The molecule has 7 heteroatoms. The molecule has 0 radical (unpaired) electrons. The highest BCUT2D eigenvalue weighted by molar-refractivity contribution is 5.85. The van der Waals surface area contributed by atoms with Crippen LogP contribution in [0.1, 0.15) is 43.2 Å². The third-order valence-corrected chi connectivity index (χ3v) is 6.58. The van der Waals surface area contributed by atoms with E-state index in [4.69, 9.17) is 9.84 Å². The summed E-state index contributed by atoms with van der Waals surface area (Å²) >= 11 is 0. The number of alkyl carbamates (subject to hydrolysis) is 1. The van der Waals surface area contributed by atoms with Gasteiger partial charge in [-0.05, 0) is 47.9 Å². The molecule has 4 rings (SSSR count). The Labute approximate surface area is 187 Å². The van der Waals surface area contributed by atoms with Gasteiger partial charge in [-0.3, -0.25) is 9.59 Å². The molecule has 0 unspecified atom stereocenters. The van der Waals surface area contributed by atoms with Gasteiger partial charge in [0.15, 0.2) is 0 Å². The summed E-state index contributed by atoms with van der Waals surface area (Å²) in [5.41, 5.74) is 4.66. The molecule has 3 atom stereocenters. The molecule has 0 spiro atoms. The van der Waals surface area contributed by atoms with Crippen molar-refractivity contribution in [3.8, 4) is 11.1 Å². The van der Waals surface area contributed by atoms with Gasteiger partial charge in [-0.1, -0.05) is 55.0 Å². The summed E-state index contributed by atoms with van der Waals surface area (Å²) < 4.78 is 5.56. The van der Waals surface area contributed by atoms with Gasteiger partial charge in [-0.2, -0.15) is 0 Å². The maximum absolute atomic E-state index is 12.4. The van der Waals surface area contributed by atoms with Crippen LogP contribution in [0.4, 0.5) is 4.79 Å². The molecular formula is C25H28N2O5. The van der Waals surface area contributed by atoms with Crippen molar-refractivity contribution in [3.63, 3.8) is 0 Å². The van der Waals surface area contributed by atoms with E-state index in [2.05, 4.69) is 34.9 Å². The standard InChI is InChI=1S/C25H28N2O5/c1-15(24(29)30)27-23(28)17-12-6-7-16(17)13-26-25(31)32-14-22-20-10-4-2-8-18(20)19-9-3-5-11-21(19)22/h2-5,8-11,15-17,22H,6-7,12-14H2,1H3,(H,26,31)(H,27,28)(H,29,30)/t15-,16-,17-/m1/s1. The van der Waals surface area contributed by atoms with Crippen LogP contribution in [0.2, 0.25) is 0 Å².